The van der Waals surface area contributed by atoms with Crippen molar-refractivity contribution in [3.05, 3.63) is 59.9 Å². The lowest BCUT2D eigenvalue weighted by molar-refractivity contribution is 0.480. The Bertz CT molecular complexity index is 524. The number of ether oxygens (including phenoxy) is 1. The van der Waals surface area contributed by atoms with Crippen molar-refractivity contribution in [2.45, 2.75) is 31.6 Å². The molecule has 0 radical (unpaired) electrons. The highest BCUT2D eigenvalue weighted by Gasteiger charge is 2.16. The molecule has 0 heterocycles. The summed E-state index contributed by atoms with van der Waals surface area (Å²) in [6, 6.07) is 14.4. The Balaban J connectivity index is 1.70. The second-order valence-corrected chi connectivity index (χ2v) is 5.11. The van der Waals surface area contributed by atoms with Crippen LogP contribution < -0.4 is 4.74 Å². The Morgan fingerprint density at radius 3 is 1.89 bits per heavy atom. The van der Waals surface area contributed by atoms with Crippen molar-refractivity contribution in [1.29, 1.82) is 0 Å². The van der Waals surface area contributed by atoms with Gasteiger partial charge in [-0.3, -0.25) is 0 Å². The molecule has 0 N–H and O–H groups in total. The van der Waals surface area contributed by atoms with Gasteiger partial charge < -0.3 is 4.74 Å². The summed E-state index contributed by atoms with van der Waals surface area (Å²) in [5.41, 5.74) is 1.41. The van der Waals surface area contributed by atoms with Crippen LogP contribution in [0.15, 0.2) is 48.5 Å². The molecule has 1 fully saturated rings. The summed E-state index contributed by atoms with van der Waals surface area (Å²) in [5.74, 6) is 1.94. The first-order valence-corrected chi connectivity index (χ1v) is 6.85. The van der Waals surface area contributed by atoms with Crippen LogP contribution in [0.3, 0.4) is 0 Å². The Kier molecular flexibility index (Phi) is 3.49. The molecular formula is C17H17FO. The molecule has 0 unspecified atom stereocenters. The van der Waals surface area contributed by atoms with Gasteiger partial charge in [0.15, 0.2) is 0 Å². The molecule has 0 atom stereocenters. The van der Waals surface area contributed by atoms with Crippen molar-refractivity contribution in [2.24, 2.45) is 0 Å². The van der Waals surface area contributed by atoms with Crippen LogP contribution in [0.2, 0.25) is 0 Å². The second kappa shape index (κ2) is 5.43. The lowest BCUT2D eigenvalue weighted by Crippen LogP contribution is -1.92. The quantitative estimate of drug-likeness (QED) is 0.726. The van der Waals surface area contributed by atoms with Crippen LogP contribution in [-0.2, 0) is 0 Å². The van der Waals surface area contributed by atoms with E-state index in [1.807, 2.05) is 12.1 Å². The summed E-state index contributed by atoms with van der Waals surface area (Å²) in [6.45, 7) is 0. The molecule has 1 nitrogen and oxygen atoms in total. The fraction of sp³-hybridized carbons (Fsp3) is 0.294. The van der Waals surface area contributed by atoms with Gasteiger partial charge in [0.2, 0.25) is 0 Å². The lowest BCUT2D eigenvalue weighted by Gasteiger charge is -2.11. The van der Waals surface area contributed by atoms with Crippen LogP contribution in [0.25, 0.3) is 0 Å². The molecule has 0 aromatic heterocycles. The number of halogens is 1. The van der Waals surface area contributed by atoms with Gasteiger partial charge in [0.05, 0.1) is 0 Å². The van der Waals surface area contributed by atoms with Crippen LogP contribution in [0, 0.1) is 5.82 Å². The van der Waals surface area contributed by atoms with E-state index in [0.717, 1.165) is 11.7 Å². The van der Waals surface area contributed by atoms with E-state index in [-0.39, 0.29) is 5.82 Å². The molecule has 1 aliphatic carbocycles. The number of hydrogen-bond donors (Lipinski definition) is 0. The molecule has 1 saturated carbocycles. The molecule has 0 saturated heterocycles. The van der Waals surface area contributed by atoms with Gasteiger partial charge in [0, 0.05) is 0 Å². The molecule has 2 aromatic carbocycles. The summed E-state index contributed by atoms with van der Waals surface area (Å²) in [5, 5.41) is 0. The van der Waals surface area contributed by atoms with Gasteiger partial charge in [-0.1, -0.05) is 25.0 Å². The first-order valence-electron chi connectivity index (χ1n) is 6.85. The van der Waals surface area contributed by atoms with Crippen molar-refractivity contribution in [3.63, 3.8) is 0 Å². The Labute approximate surface area is 113 Å². The van der Waals surface area contributed by atoms with Crippen molar-refractivity contribution in [3.8, 4) is 11.5 Å². The molecule has 0 aliphatic heterocycles. The molecule has 98 valence electrons. The van der Waals surface area contributed by atoms with Gasteiger partial charge in [-0.25, -0.2) is 4.39 Å². The summed E-state index contributed by atoms with van der Waals surface area (Å²) in [4.78, 5) is 0. The zero-order valence-corrected chi connectivity index (χ0v) is 10.8. The third kappa shape index (κ3) is 2.95. The minimum Gasteiger partial charge on any atom is -0.457 e. The Hall–Kier alpha value is -1.83. The fourth-order valence-corrected chi connectivity index (χ4v) is 2.71. The molecule has 3 rings (SSSR count). The molecule has 19 heavy (non-hydrogen) atoms. The first-order chi connectivity index (χ1) is 9.31. The van der Waals surface area contributed by atoms with Crippen LogP contribution in [0.5, 0.6) is 11.5 Å². The van der Waals surface area contributed by atoms with E-state index in [1.165, 1.54) is 43.4 Å². The average molecular weight is 256 g/mol. The maximum atomic E-state index is 12.8. The summed E-state index contributed by atoms with van der Waals surface area (Å²) < 4.78 is 18.5. The normalized spacial score (nSPS) is 15.6. The molecule has 0 spiro atoms. The number of hydrogen-bond acceptors (Lipinski definition) is 1. The lowest BCUT2D eigenvalue weighted by atomic mass is 9.98. The summed E-state index contributed by atoms with van der Waals surface area (Å²) in [6.07, 6.45) is 5.30. The molecule has 2 aromatic rings. The third-order valence-corrected chi connectivity index (χ3v) is 3.76. The van der Waals surface area contributed by atoms with Crippen molar-refractivity contribution in [1.82, 2.24) is 0 Å². The van der Waals surface area contributed by atoms with Gasteiger partial charge in [-0.2, -0.15) is 0 Å². The van der Waals surface area contributed by atoms with Gasteiger partial charge in [-0.05, 0) is 60.7 Å². The van der Waals surface area contributed by atoms with Gasteiger partial charge >= 0.3 is 0 Å². The average Bonchev–Trinajstić information content (AvgIpc) is 2.96. The highest BCUT2D eigenvalue weighted by molar-refractivity contribution is 5.34. The minimum atomic E-state index is -0.246. The van der Waals surface area contributed by atoms with Crippen LogP contribution >= 0.6 is 0 Å². The van der Waals surface area contributed by atoms with Gasteiger partial charge in [-0.15, -0.1) is 0 Å². The highest BCUT2D eigenvalue weighted by Crippen LogP contribution is 2.35. The van der Waals surface area contributed by atoms with E-state index >= 15 is 0 Å². The maximum Gasteiger partial charge on any atom is 0.127 e. The van der Waals surface area contributed by atoms with E-state index in [9.17, 15) is 4.39 Å². The molecule has 0 amide bonds. The predicted molar refractivity (Wildman–Crippen MR) is 74.1 cm³/mol. The monoisotopic (exact) mass is 256 g/mol. The third-order valence-electron chi connectivity index (χ3n) is 3.76. The standard InChI is InChI=1S/C17H17FO/c18-15-7-11-17(12-8-15)19-16-9-5-14(6-10-16)13-3-1-2-4-13/h5-13H,1-4H2. The van der Waals surface area contributed by atoms with Crippen molar-refractivity contribution < 1.29 is 9.13 Å². The van der Waals surface area contributed by atoms with Gasteiger partial charge in [0.25, 0.3) is 0 Å². The largest absolute Gasteiger partial charge is 0.457 e. The topological polar surface area (TPSA) is 9.23 Å². The van der Waals surface area contributed by atoms with Crippen molar-refractivity contribution in [2.75, 3.05) is 0 Å². The van der Waals surface area contributed by atoms with Gasteiger partial charge in [0.1, 0.15) is 17.3 Å². The Morgan fingerprint density at radius 2 is 1.32 bits per heavy atom. The number of benzene rings is 2. The van der Waals surface area contributed by atoms with E-state index in [1.54, 1.807) is 12.1 Å². The predicted octanol–water partition coefficient (Wildman–Crippen LogP) is 5.28. The SMILES string of the molecule is Fc1ccc(Oc2ccc(C3CCCC3)cc2)cc1. The van der Waals surface area contributed by atoms with Crippen LogP contribution in [0.4, 0.5) is 4.39 Å². The van der Waals surface area contributed by atoms with Crippen LogP contribution in [0.1, 0.15) is 37.2 Å². The van der Waals surface area contributed by atoms with E-state index in [4.69, 9.17) is 4.74 Å². The van der Waals surface area contributed by atoms with E-state index in [2.05, 4.69) is 12.1 Å². The Morgan fingerprint density at radius 1 is 0.789 bits per heavy atom. The van der Waals surface area contributed by atoms with Crippen LogP contribution in [-0.4, -0.2) is 0 Å². The molecular weight excluding hydrogens is 239 g/mol. The molecule has 0 bridgehead atoms. The maximum absolute atomic E-state index is 12.8. The zero-order chi connectivity index (χ0) is 13.1. The molecule has 2 heteroatoms. The number of rotatable bonds is 3. The van der Waals surface area contributed by atoms with E-state index in [0.29, 0.717) is 5.75 Å². The molecule has 1 aliphatic rings. The van der Waals surface area contributed by atoms with Crippen molar-refractivity contribution >= 4 is 0 Å². The summed E-state index contributed by atoms with van der Waals surface area (Å²) in [7, 11) is 0. The first kappa shape index (κ1) is 12.2. The summed E-state index contributed by atoms with van der Waals surface area (Å²) >= 11 is 0. The fourth-order valence-electron chi connectivity index (χ4n) is 2.71. The second-order valence-electron chi connectivity index (χ2n) is 5.11. The smallest absolute Gasteiger partial charge is 0.127 e. The minimum absolute atomic E-state index is 0.246. The van der Waals surface area contributed by atoms with E-state index < -0.39 is 0 Å². The zero-order valence-electron chi connectivity index (χ0n) is 10.8. The highest BCUT2D eigenvalue weighted by atomic mass is 19.1.